The number of aliphatic hydroxyl groups excluding tert-OH is 1. The largest absolute Gasteiger partial charge is 0.462 e. The molecule has 132 valence electrons. The van der Waals surface area contributed by atoms with Gasteiger partial charge in [-0.3, -0.25) is 0 Å². The van der Waals surface area contributed by atoms with Crippen LogP contribution in [0.2, 0.25) is 0 Å². The topological polar surface area (TPSA) is 84.9 Å². The van der Waals surface area contributed by atoms with Crippen molar-refractivity contribution in [3.63, 3.8) is 0 Å². The van der Waals surface area contributed by atoms with Gasteiger partial charge in [0.2, 0.25) is 0 Å². The van der Waals surface area contributed by atoms with E-state index in [1.807, 2.05) is 0 Å². The molecule has 2 N–H and O–H groups in total. The number of aliphatic hydroxyl groups is 1. The summed E-state index contributed by atoms with van der Waals surface area (Å²) in [6, 6.07) is 2.12. The van der Waals surface area contributed by atoms with E-state index in [1.165, 1.54) is 6.07 Å². The van der Waals surface area contributed by atoms with Gasteiger partial charge in [-0.25, -0.2) is 18.4 Å². The van der Waals surface area contributed by atoms with Crippen LogP contribution in [0.1, 0.15) is 19.4 Å². The lowest BCUT2D eigenvalue weighted by molar-refractivity contribution is -0.146. The van der Waals surface area contributed by atoms with E-state index >= 15 is 0 Å². The van der Waals surface area contributed by atoms with Crippen LogP contribution >= 0.6 is 0 Å². The number of anilines is 1. The smallest absolute Gasteiger partial charge is 0.347 e. The highest BCUT2D eigenvalue weighted by molar-refractivity contribution is 6.14. The fourth-order valence-electron chi connectivity index (χ4n) is 1.85. The first kappa shape index (κ1) is 19.6. The van der Waals surface area contributed by atoms with Gasteiger partial charge < -0.3 is 19.9 Å². The van der Waals surface area contributed by atoms with E-state index < -0.39 is 35.8 Å². The molecule has 0 radical (unpaired) electrons. The number of ether oxygens (including phenoxy) is 2. The summed E-state index contributed by atoms with van der Waals surface area (Å²) < 4.78 is 36.6. The Morgan fingerprint density at radius 1 is 1.17 bits per heavy atom. The summed E-state index contributed by atoms with van der Waals surface area (Å²) in [7, 11) is 0. The van der Waals surface area contributed by atoms with Gasteiger partial charge in [0.05, 0.1) is 13.2 Å². The van der Waals surface area contributed by atoms with Crippen LogP contribution in [0.4, 0.5) is 14.5 Å². The normalized spacial score (nSPS) is 10.0. The van der Waals surface area contributed by atoms with Gasteiger partial charge in [-0.15, -0.1) is 0 Å². The Bertz CT molecular complexity index is 611. The van der Waals surface area contributed by atoms with Gasteiger partial charge >= 0.3 is 11.9 Å². The van der Waals surface area contributed by atoms with Crippen LogP contribution < -0.4 is 5.32 Å². The van der Waals surface area contributed by atoms with E-state index in [1.54, 1.807) is 13.8 Å². The molecule has 0 aliphatic heterocycles. The van der Waals surface area contributed by atoms with Gasteiger partial charge in [0, 0.05) is 30.5 Å². The Balaban J connectivity index is 3.15. The molecule has 0 bridgehead atoms. The molecule has 0 aliphatic rings. The Morgan fingerprint density at radius 3 is 2.25 bits per heavy atom. The van der Waals surface area contributed by atoms with Crippen molar-refractivity contribution in [1.82, 2.24) is 0 Å². The third kappa shape index (κ3) is 5.02. The zero-order valence-corrected chi connectivity index (χ0v) is 13.4. The van der Waals surface area contributed by atoms with Crippen molar-refractivity contribution in [1.29, 1.82) is 0 Å². The maximum Gasteiger partial charge on any atom is 0.347 e. The van der Waals surface area contributed by atoms with Crippen LogP contribution in [0.5, 0.6) is 0 Å². The minimum atomic E-state index is -1.11. The monoisotopic (exact) mass is 343 g/mol. The SMILES string of the molecule is CCOC(=O)C(=CNc1ccc(F)c(F)c1CCO)C(=O)OCC. The number of carbonyl (C=O) groups is 2. The lowest BCUT2D eigenvalue weighted by Gasteiger charge is -2.12. The molecule has 1 aromatic rings. The standard InChI is InChI=1S/C16H19F2NO5/c1-3-23-15(21)11(16(22)24-4-2)9-19-13-6-5-12(17)14(18)10(13)7-8-20/h5-6,9,19-20H,3-4,7-8H2,1-2H3. The molecule has 0 aliphatic carbocycles. The fraction of sp³-hybridized carbons (Fsp3) is 0.375. The quantitative estimate of drug-likeness (QED) is 0.325. The minimum Gasteiger partial charge on any atom is -0.462 e. The van der Waals surface area contributed by atoms with Crippen molar-refractivity contribution in [2.24, 2.45) is 0 Å². The third-order valence-electron chi connectivity index (χ3n) is 2.92. The number of hydrogen-bond donors (Lipinski definition) is 2. The third-order valence-corrected chi connectivity index (χ3v) is 2.92. The van der Waals surface area contributed by atoms with E-state index in [2.05, 4.69) is 5.32 Å². The van der Waals surface area contributed by atoms with Crippen LogP contribution in [0.3, 0.4) is 0 Å². The first-order valence-corrected chi connectivity index (χ1v) is 7.34. The fourth-order valence-corrected chi connectivity index (χ4v) is 1.85. The molecule has 0 fully saturated rings. The van der Waals surface area contributed by atoms with Crippen molar-refractivity contribution >= 4 is 17.6 Å². The molecule has 0 heterocycles. The van der Waals surface area contributed by atoms with E-state index in [-0.39, 0.29) is 30.9 Å². The van der Waals surface area contributed by atoms with Gasteiger partial charge in [0.25, 0.3) is 0 Å². The molecule has 0 amide bonds. The molecule has 6 nitrogen and oxygen atoms in total. The van der Waals surface area contributed by atoms with Crippen LogP contribution in [-0.2, 0) is 25.5 Å². The van der Waals surface area contributed by atoms with E-state index in [9.17, 15) is 18.4 Å². The van der Waals surface area contributed by atoms with Gasteiger partial charge in [-0.2, -0.15) is 0 Å². The summed E-state index contributed by atoms with van der Waals surface area (Å²) in [5.41, 5.74) is -0.423. The molecular weight excluding hydrogens is 324 g/mol. The minimum absolute atomic E-state index is 0.0521. The first-order chi connectivity index (χ1) is 11.5. The first-order valence-electron chi connectivity index (χ1n) is 7.34. The van der Waals surface area contributed by atoms with Gasteiger partial charge in [0.15, 0.2) is 17.2 Å². The van der Waals surface area contributed by atoms with Crippen LogP contribution in [0.15, 0.2) is 23.9 Å². The van der Waals surface area contributed by atoms with Gasteiger partial charge in [0.1, 0.15) is 0 Å². The molecule has 24 heavy (non-hydrogen) atoms. The van der Waals surface area contributed by atoms with Crippen LogP contribution in [-0.4, -0.2) is 36.9 Å². The molecule has 0 saturated carbocycles. The van der Waals surface area contributed by atoms with Crippen molar-refractivity contribution in [3.05, 3.63) is 41.1 Å². The van der Waals surface area contributed by atoms with E-state index in [0.29, 0.717) is 0 Å². The van der Waals surface area contributed by atoms with E-state index in [4.69, 9.17) is 14.6 Å². The van der Waals surface area contributed by atoms with Gasteiger partial charge in [-0.05, 0) is 26.0 Å². The maximum absolute atomic E-state index is 13.8. The Labute approximate surface area is 138 Å². The number of nitrogens with one attached hydrogen (secondary N) is 1. The second kappa shape index (κ2) is 9.61. The summed E-state index contributed by atoms with van der Waals surface area (Å²) in [5.74, 6) is -4.00. The Hall–Kier alpha value is -2.48. The second-order valence-corrected chi connectivity index (χ2v) is 4.50. The predicted molar refractivity (Wildman–Crippen MR) is 82.1 cm³/mol. The lowest BCUT2D eigenvalue weighted by Crippen LogP contribution is -2.19. The molecule has 1 aromatic carbocycles. The summed E-state index contributed by atoms with van der Waals surface area (Å²) in [6.45, 7) is 2.85. The van der Waals surface area contributed by atoms with Crippen molar-refractivity contribution in [2.45, 2.75) is 20.3 Å². The summed E-state index contributed by atoms with van der Waals surface area (Å²) in [5, 5.41) is 11.5. The maximum atomic E-state index is 13.8. The molecule has 0 unspecified atom stereocenters. The molecular formula is C16H19F2NO5. The second-order valence-electron chi connectivity index (χ2n) is 4.50. The van der Waals surface area contributed by atoms with Gasteiger partial charge in [-0.1, -0.05) is 0 Å². The number of halogens is 2. The Morgan fingerprint density at radius 2 is 1.75 bits per heavy atom. The van der Waals surface area contributed by atoms with Crippen molar-refractivity contribution in [2.75, 3.05) is 25.1 Å². The molecule has 0 atom stereocenters. The zero-order valence-electron chi connectivity index (χ0n) is 13.4. The van der Waals surface area contributed by atoms with Crippen LogP contribution in [0, 0.1) is 11.6 Å². The summed E-state index contributed by atoms with van der Waals surface area (Å²) in [4.78, 5) is 23.6. The average Bonchev–Trinajstić information content (AvgIpc) is 2.54. The molecule has 1 rings (SSSR count). The number of esters is 2. The molecule has 8 heteroatoms. The highest BCUT2D eigenvalue weighted by atomic mass is 19.2. The average molecular weight is 343 g/mol. The molecule has 0 spiro atoms. The summed E-state index contributed by atoms with van der Waals surface area (Å²) >= 11 is 0. The Kier molecular flexibility index (Phi) is 7.84. The number of hydrogen-bond acceptors (Lipinski definition) is 6. The number of benzene rings is 1. The van der Waals surface area contributed by atoms with Crippen molar-refractivity contribution < 1.29 is 33.0 Å². The number of carbonyl (C=O) groups excluding carboxylic acids is 2. The molecule has 0 aromatic heterocycles. The highest BCUT2D eigenvalue weighted by Crippen LogP contribution is 2.22. The lowest BCUT2D eigenvalue weighted by atomic mass is 10.1. The predicted octanol–water partition coefficient (Wildman–Crippen LogP) is 1.92. The summed E-state index contributed by atoms with van der Waals surface area (Å²) in [6.07, 6.45) is 0.859. The van der Waals surface area contributed by atoms with E-state index in [0.717, 1.165) is 12.3 Å². The number of rotatable bonds is 8. The van der Waals surface area contributed by atoms with Crippen molar-refractivity contribution in [3.8, 4) is 0 Å². The van der Waals surface area contributed by atoms with Crippen LogP contribution in [0.25, 0.3) is 0 Å². The highest BCUT2D eigenvalue weighted by Gasteiger charge is 2.21. The zero-order chi connectivity index (χ0) is 18.1. The molecule has 0 saturated heterocycles.